The van der Waals surface area contributed by atoms with Crippen molar-refractivity contribution in [3.8, 4) is 11.1 Å². The molecular weight excluding hydrogens is 423 g/mol. The Balaban J connectivity index is 1.75. The highest BCUT2D eigenvalue weighted by atomic mass is 19.4. The predicted octanol–water partition coefficient (Wildman–Crippen LogP) is 6.16. The normalized spacial score (nSPS) is 11.4. The second-order valence-electron chi connectivity index (χ2n) is 6.90. The minimum Gasteiger partial charge on any atom is -0.463 e. The first-order chi connectivity index (χ1) is 15.3. The van der Waals surface area contributed by atoms with E-state index in [2.05, 4.69) is 10.1 Å². The third kappa shape index (κ3) is 4.07. The van der Waals surface area contributed by atoms with Gasteiger partial charge >= 0.3 is 12.1 Å². The zero-order valence-electron chi connectivity index (χ0n) is 16.7. The Bertz CT molecular complexity index is 1310. The molecule has 0 saturated carbocycles. The van der Waals surface area contributed by atoms with E-state index >= 15 is 0 Å². The number of alkyl halides is 3. The minimum absolute atomic E-state index is 0.0280. The van der Waals surface area contributed by atoms with Gasteiger partial charge in [0.2, 0.25) is 5.76 Å². The second-order valence-corrected chi connectivity index (χ2v) is 6.90. The number of amides is 1. The molecule has 0 unspecified atom stereocenters. The minimum atomic E-state index is -4.72. The van der Waals surface area contributed by atoms with E-state index < -0.39 is 29.2 Å². The molecule has 0 saturated heterocycles. The Morgan fingerprint density at radius 1 is 0.938 bits per heavy atom. The molecule has 0 aliphatic rings. The van der Waals surface area contributed by atoms with E-state index in [1.807, 2.05) is 0 Å². The van der Waals surface area contributed by atoms with Crippen molar-refractivity contribution in [3.05, 3.63) is 89.7 Å². The number of carbonyl (C=O) groups is 2. The maximum atomic E-state index is 13.7. The molecule has 162 valence electrons. The second kappa shape index (κ2) is 8.22. The first-order valence-corrected chi connectivity index (χ1v) is 9.47. The monoisotopic (exact) mass is 439 g/mol. The molecule has 1 N–H and O–H groups in total. The van der Waals surface area contributed by atoms with Gasteiger partial charge in [-0.05, 0) is 41.5 Å². The summed E-state index contributed by atoms with van der Waals surface area (Å²) in [5, 5.41) is 3.01. The summed E-state index contributed by atoms with van der Waals surface area (Å²) in [5.74, 6) is -1.61. The van der Waals surface area contributed by atoms with Crippen LogP contribution in [0.2, 0.25) is 0 Å². The number of benzene rings is 3. The fourth-order valence-corrected chi connectivity index (χ4v) is 3.41. The maximum absolute atomic E-state index is 13.7. The van der Waals surface area contributed by atoms with Gasteiger partial charge in [0, 0.05) is 11.1 Å². The molecule has 0 spiro atoms. The van der Waals surface area contributed by atoms with Gasteiger partial charge in [-0.15, -0.1) is 0 Å². The highest BCUT2D eigenvalue weighted by molar-refractivity contribution is 6.10. The summed E-state index contributed by atoms with van der Waals surface area (Å²) in [6, 6.07) is 17.9. The number of rotatable bonds is 4. The highest BCUT2D eigenvalue weighted by Gasteiger charge is 2.36. The van der Waals surface area contributed by atoms with Gasteiger partial charge in [0.25, 0.3) is 5.91 Å². The third-order valence-electron chi connectivity index (χ3n) is 4.84. The molecule has 4 aromatic rings. The Morgan fingerprint density at radius 2 is 1.69 bits per heavy atom. The summed E-state index contributed by atoms with van der Waals surface area (Å²) >= 11 is 0. The number of halogens is 3. The molecule has 0 bridgehead atoms. The number of hydrogen-bond donors (Lipinski definition) is 1. The molecule has 8 heteroatoms. The molecule has 5 nitrogen and oxygen atoms in total. The lowest BCUT2D eigenvalue weighted by Gasteiger charge is -2.17. The Kier molecular flexibility index (Phi) is 5.44. The summed E-state index contributed by atoms with van der Waals surface area (Å²) in [6.45, 7) is 0. The van der Waals surface area contributed by atoms with Gasteiger partial charge in [-0.3, -0.25) is 4.79 Å². The van der Waals surface area contributed by atoms with Crippen LogP contribution in [0.4, 0.5) is 18.9 Å². The number of hydrogen-bond acceptors (Lipinski definition) is 4. The van der Waals surface area contributed by atoms with Crippen LogP contribution in [0.15, 0.2) is 77.2 Å². The zero-order chi connectivity index (χ0) is 22.9. The van der Waals surface area contributed by atoms with E-state index in [1.54, 1.807) is 30.3 Å². The molecule has 1 aromatic heterocycles. The maximum Gasteiger partial charge on any atom is 0.417 e. The van der Waals surface area contributed by atoms with Crippen molar-refractivity contribution in [3.63, 3.8) is 0 Å². The molecule has 3 aromatic carbocycles. The number of ether oxygens (including phenoxy) is 1. The Labute approximate surface area is 180 Å². The van der Waals surface area contributed by atoms with Crippen molar-refractivity contribution in [2.75, 3.05) is 12.4 Å². The van der Waals surface area contributed by atoms with Crippen LogP contribution >= 0.6 is 0 Å². The van der Waals surface area contributed by atoms with Crippen LogP contribution < -0.4 is 5.32 Å². The van der Waals surface area contributed by atoms with Gasteiger partial charge in [-0.2, -0.15) is 13.2 Å². The van der Waals surface area contributed by atoms with Crippen molar-refractivity contribution in [1.82, 2.24) is 0 Å². The summed E-state index contributed by atoms with van der Waals surface area (Å²) in [7, 11) is 1.21. The van der Waals surface area contributed by atoms with E-state index in [9.17, 15) is 22.8 Å². The fourth-order valence-electron chi connectivity index (χ4n) is 3.41. The Morgan fingerprint density at radius 3 is 2.38 bits per heavy atom. The van der Waals surface area contributed by atoms with Crippen molar-refractivity contribution in [1.29, 1.82) is 0 Å². The molecule has 0 aliphatic carbocycles. The van der Waals surface area contributed by atoms with E-state index in [1.165, 1.54) is 43.5 Å². The predicted molar refractivity (Wildman–Crippen MR) is 112 cm³/mol. The van der Waals surface area contributed by atoms with Crippen LogP contribution in [-0.4, -0.2) is 19.0 Å². The van der Waals surface area contributed by atoms with Crippen LogP contribution in [0.5, 0.6) is 0 Å². The molecule has 0 fully saturated rings. The fraction of sp³-hybridized carbons (Fsp3) is 0.0833. The van der Waals surface area contributed by atoms with Crippen LogP contribution in [0.3, 0.4) is 0 Å². The lowest BCUT2D eigenvalue weighted by atomic mass is 9.94. The van der Waals surface area contributed by atoms with E-state index in [0.717, 1.165) is 6.07 Å². The van der Waals surface area contributed by atoms with Crippen molar-refractivity contribution < 1.29 is 31.9 Å². The first kappa shape index (κ1) is 21.2. The number of esters is 1. The summed E-state index contributed by atoms with van der Waals surface area (Å²) in [5.41, 5.74) is -0.255. The van der Waals surface area contributed by atoms with Gasteiger partial charge in [-0.25, -0.2) is 4.79 Å². The number of carbonyl (C=O) groups excluding carboxylic acids is 2. The molecule has 0 atom stereocenters. The molecule has 0 radical (unpaired) electrons. The molecule has 32 heavy (non-hydrogen) atoms. The Hall–Kier alpha value is -4.07. The summed E-state index contributed by atoms with van der Waals surface area (Å²) < 4.78 is 51.2. The third-order valence-corrected chi connectivity index (χ3v) is 4.84. The largest absolute Gasteiger partial charge is 0.463 e. The number of fused-ring (bicyclic) bond motifs is 1. The van der Waals surface area contributed by atoms with E-state index in [0.29, 0.717) is 16.5 Å². The SMILES string of the molecule is COC(=O)c1cc2cc(NC(=O)c3c(-c4ccccc4)cccc3C(F)(F)F)ccc2o1. The van der Waals surface area contributed by atoms with Gasteiger partial charge in [0.1, 0.15) is 5.58 Å². The molecule has 1 heterocycles. The van der Waals surface area contributed by atoms with Crippen LogP contribution in [0.25, 0.3) is 22.1 Å². The van der Waals surface area contributed by atoms with Crippen molar-refractivity contribution in [2.24, 2.45) is 0 Å². The van der Waals surface area contributed by atoms with Crippen LogP contribution in [0, 0.1) is 0 Å². The van der Waals surface area contributed by atoms with Crippen LogP contribution in [-0.2, 0) is 10.9 Å². The number of nitrogens with one attached hydrogen (secondary N) is 1. The number of furan rings is 1. The van der Waals surface area contributed by atoms with Crippen molar-refractivity contribution in [2.45, 2.75) is 6.18 Å². The quantitative estimate of drug-likeness (QED) is 0.387. The standard InChI is InChI=1S/C24H16F3NO4/c1-31-23(30)20-13-15-12-16(10-11-19(15)32-20)28-22(29)21-17(14-6-3-2-4-7-14)8-5-9-18(21)24(25,26)27/h2-13H,1H3,(H,28,29). The smallest absolute Gasteiger partial charge is 0.417 e. The summed E-state index contributed by atoms with van der Waals surface area (Å²) in [4.78, 5) is 24.7. The van der Waals surface area contributed by atoms with Gasteiger partial charge in [0.05, 0.1) is 18.2 Å². The molecule has 1 amide bonds. The van der Waals surface area contributed by atoms with E-state index in [4.69, 9.17) is 4.42 Å². The zero-order valence-corrected chi connectivity index (χ0v) is 16.7. The molecule has 4 rings (SSSR count). The average molecular weight is 439 g/mol. The summed E-state index contributed by atoms with van der Waals surface area (Å²) in [6.07, 6.45) is -4.72. The lowest BCUT2D eigenvalue weighted by Crippen LogP contribution is -2.20. The van der Waals surface area contributed by atoms with Crippen LogP contribution in [0.1, 0.15) is 26.5 Å². The number of methoxy groups -OCH3 is 1. The van der Waals surface area contributed by atoms with Gasteiger partial charge in [-0.1, -0.05) is 42.5 Å². The average Bonchev–Trinajstić information content (AvgIpc) is 3.21. The van der Waals surface area contributed by atoms with E-state index in [-0.39, 0.29) is 17.0 Å². The number of anilines is 1. The van der Waals surface area contributed by atoms with Gasteiger partial charge < -0.3 is 14.5 Å². The molecular formula is C24H16F3NO4. The topological polar surface area (TPSA) is 68.5 Å². The van der Waals surface area contributed by atoms with Crippen molar-refractivity contribution >= 4 is 28.5 Å². The first-order valence-electron chi connectivity index (χ1n) is 9.47. The molecule has 0 aliphatic heterocycles. The van der Waals surface area contributed by atoms with Gasteiger partial charge in [0.15, 0.2) is 0 Å². The highest BCUT2D eigenvalue weighted by Crippen LogP contribution is 2.37. The lowest BCUT2D eigenvalue weighted by molar-refractivity contribution is -0.137.